The van der Waals surface area contributed by atoms with Crippen LogP contribution < -0.4 is 11.1 Å². The van der Waals surface area contributed by atoms with Crippen molar-refractivity contribution in [3.63, 3.8) is 0 Å². The minimum Gasteiger partial charge on any atom is -0.408 e. The molecule has 0 aliphatic heterocycles. The van der Waals surface area contributed by atoms with Crippen molar-refractivity contribution in [2.45, 2.75) is 19.9 Å². The molecule has 0 saturated heterocycles. The molecule has 0 saturated carbocycles. The maximum Gasteiger partial charge on any atom is 0.420 e. The van der Waals surface area contributed by atoms with Gasteiger partial charge in [0.05, 0.1) is 5.52 Å². The lowest BCUT2D eigenvalue weighted by atomic mass is 10.2. The Morgan fingerprint density at radius 2 is 2.19 bits per heavy atom. The monoisotopic (exact) mass is 303 g/mol. The van der Waals surface area contributed by atoms with Gasteiger partial charge in [0.25, 0.3) is 0 Å². The molecule has 0 fully saturated rings. The number of anilines is 1. The maximum atomic E-state index is 12.3. The minimum atomic E-state index is -0.689. The summed E-state index contributed by atoms with van der Waals surface area (Å²) < 4.78 is 6.48. The van der Waals surface area contributed by atoms with E-state index in [4.69, 9.17) is 4.42 Å². The van der Waals surface area contributed by atoms with E-state index < -0.39 is 11.8 Å². The number of benzene rings is 1. The van der Waals surface area contributed by atoms with Crippen molar-refractivity contribution in [3.8, 4) is 0 Å². The second kappa shape index (κ2) is 5.17. The third-order valence-electron chi connectivity index (χ3n) is 3.14. The number of nitrogens with zero attached hydrogens (tertiary/aromatic N) is 2. The molecule has 0 aliphatic rings. The van der Waals surface area contributed by atoms with Crippen LogP contribution in [0.2, 0.25) is 0 Å². The number of thiazole rings is 1. The molecular formula is C14H13N3O3S. The highest BCUT2D eigenvalue weighted by molar-refractivity contribution is 7.15. The van der Waals surface area contributed by atoms with Crippen LogP contribution in [0.25, 0.3) is 11.1 Å². The summed E-state index contributed by atoms with van der Waals surface area (Å²) in [5.74, 6) is -0.854. The normalized spacial score (nSPS) is 12.5. The third kappa shape index (κ3) is 2.47. The number of rotatable bonds is 3. The fourth-order valence-corrected chi connectivity index (χ4v) is 2.76. The van der Waals surface area contributed by atoms with E-state index >= 15 is 0 Å². The first-order valence-corrected chi connectivity index (χ1v) is 7.21. The molecule has 7 heteroatoms. The molecule has 108 valence electrons. The first-order chi connectivity index (χ1) is 10.1. The Morgan fingerprint density at radius 1 is 1.43 bits per heavy atom. The molecule has 21 heavy (non-hydrogen) atoms. The van der Waals surface area contributed by atoms with E-state index in [0.29, 0.717) is 16.2 Å². The second-order valence-corrected chi connectivity index (χ2v) is 5.88. The van der Waals surface area contributed by atoms with E-state index in [-0.39, 0.29) is 5.91 Å². The van der Waals surface area contributed by atoms with Crippen LogP contribution in [0.4, 0.5) is 5.13 Å². The van der Waals surface area contributed by atoms with E-state index in [0.717, 1.165) is 4.88 Å². The predicted molar refractivity (Wildman–Crippen MR) is 80.7 cm³/mol. The number of hydrogen-bond acceptors (Lipinski definition) is 5. The highest BCUT2D eigenvalue weighted by atomic mass is 32.1. The van der Waals surface area contributed by atoms with Crippen molar-refractivity contribution in [2.75, 3.05) is 5.32 Å². The second-order valence-electron chi connectivity index (χ2n) is 4.65. The number of nitrogens with one attached hydrogen (secondary N) is 1. The molecule has 0 aliphatic carbocycles. The molecule has 6 nitrogen and oxygen atoms in total. The fourth-order valence-electron chi connectivity index (χ4n) is 2.09. The van der Waals surface area contributed by atoms with Gasteiger partial charge in [-0.15, -0.1) is 11.3 Å². The highest BCUT2D eigenvalue weighted by Gasteiger charge is 2.21. The summed E-state index contributed by atoms with van der Waals surface area (Å²) in [6.07, 6.45) is 1.68. The van der Waals surface area contributed by atoms with E-state index in [1.807, 2.05) is 6.92 Å². The van der Waals surface area contributed by atoms with Gasteiger partial charge in [-0.2, -0.15) is 0 Å². The SMILES string of the molecule is Cc1cnc(NC(=O)[C@H](C)n2c(=O)oc3ccccc32)s1. The van der Waals surface area contributed by atoms with Crippen LogP contribution in [-0.4, -0.2) is 15.5 Å². The van der Waals surface area contributed by atoms with Gasteiger partial charge in [0.1, 0.15) is 6.04 Å². The van der Waals surface area contributed by atoms with Gasteiger partial charge in [-0.25, -0.2) is 9.78 Å². The number of amides is 1. The summed E-state index contributed by atoms with van der Waals surface area (Å²) >= 11 is 1.38. The molecule has 1 atom stereocenters. The molecule has 0 spiro atoms. The average Bonchev–Trinajstić information content (AvgIpc) is 3.00. The van der Waals surface area contributed by atoms with Gasteiger partial charge in [0.15, 0.2) is 10.7 Å². The lowest BCUT2D eigenvalue weighted by Crippen LogP contribution is -2.29. The van der Waals surface area contributed by atoms with Gasteiger partial charge in [-0.3, -0.25) is 9.36 Å². The Kier molecular flexibility index (Phi) is 3.34. The van der Waals surface area contributed by atoms with E-state index in [1.165, 1.54) is 15.9 Å². The quantitative estimate of drug-likeness (QED) is 0.806. The van der Waals surface area contributed by atoms with Crippen LogP contribution in [0.3, 0.4) is 0 Å². The van der Waals surface area contributed by atoms with Crippen molar-refractivity contribution < 1.29 is 9.21 Å². The number of fused-ring (bicyclic) bond motifs is 1. The number of aryl methyl sites for hydroxylation is 1. The Balaban J connectivity index is 1.93. The Labute approximate surface area is 124 Å². The van der Waals surface area contributed by atoms with E-state index in [1.54, 1.807) is 37.4 Å². The molecule has 0 radical (unpaired) electrons. The fraction of sp³-hybridized carbons (Fsp3) is 0.214. The molecule has 3 aromatic rings. The number of oxazole rings is 1. The van der Waals surface area contributed by atoms with Crippen LogP contribution in [0.15, 0.2) is 39.7 Å². The molecular weight excluding hydrogens is 290 g/mol. The molecule has 0 bridgehead atoms. The molecule has 2 heterocycles. The Bertz CT molecular complexity index is 862. The van der Waals surface area contributed by atoms with Gasteiger partial charge < -0.3 is 9.73 Å². The van der Waals surface area contributed by atoms with Gasteiger partial charge in [-0.1, -0.05) is 12.1 Å². The largest absolute Gasteiger partial charge is 0.420 e. The van der Waals surface area contributed by atoms with Gasteiger partial charge in [0.2, 0.25) is 5.91 Å². The van der Waals surface area contributed by atoms with Crippen molar-refractivity contribution >= 4 is 33.5 Å². The van der Waals surface area contributed by atoms with Crippen molar-refractivity contribution in [2.24, 2.45) is 0 Å². The summed E-state index contributed by atoms with van der Waals surface area (Å²) in [5.41, 5.74) is 1.06. The van der Waals surface area contributed by atoms with Gasteiger partial charge in [-0.05, 0) is 26.0 Å². The first-order valence-electron chi connectivity index (χ1n) is 6.39. The summed E-state index contributed by atoms with van der Waals surface area (Å²) in [5, 5.41) is 3.23. The highest BCUT2D eigenvalue weighted by Crippen LogP contribution is 2.20. The van der Waals surface area contributed by atoms with E-state index in [2.05, 4.69) is 10.3 Å². The first kappa shape index (κ1) is 13.6. The summed E-state index contributed by atoms with van der Waals surface area (Å²) in [6.45, 7) is 3.56. The zero-order valence-corrected chi connectivity index (χ0v) is 12.3. The molecule has 1 amide bonds. The maximum absolute atomic E-state index is 12.3. The number of hydrogen-bond donors (Lipinski definition) is 1. The average molecular weight is 303 g/mol. The molecule has 2 aromatic heterocycles. The lowest BCUT2D eigenvalue weighted by molar-refractivity contribution is -0.118. The minimum absolute atomic E-state index is 0.307. The topological polar surface area (TPSA) is 77.1 Å². The van der Waals surface area contributed by atoms with Crippen LogP contribution in [-0.2, 0) is 4.79 Å². The molecule has 3 rings (SSSR count). The third-order valence-corrected chi connectivity index (χ3v) is 3.97. The number of aromatic nitrogens is 2. The lowest BCUT2D eigenvalue weighted by Gasteiger charge is -2.11. The smallest absolute Gasteiger partial charge is 0.408 e. The molecule has 1 N–H and O–H groups in total. The Morgan fingerprint density at radius 3 is 2.90 bits per heavy atom. The molecule has 0 unspecified atom stereocenters. The van der Waals surface area contributed by atoms with Crippen LogP contribution in [0.5, 0.6) is 0 Å². The van der Waals surface area contributed by atoms with Crippen molar-refractivity contribution in [1.29, 1.82) is 0 Å². The number of para-hydroxylation sites is 2. The van der Waals surface area contributed by atoms with Crippen LogP contribution in [0, 0.1) is 6.92 Å². The number of carbonyl (C=O) groups excluding carboxylic acids is 1. The van der Waals surface area contributed by atoms with Gasteiger partial charge in [0, 0.05) is 11.1 Å². The summed E-state index contributed by atoms with van der Waals surface area (Å²) in [4.78, 5) is 29.3. The standard InChI is InChI=1S/C14H13N3O3S/c1-8-7-15-13(21-8)16-12(18)9(2)17-10-5-3-4-6-11(10)20-14(17)19/h3-7,9H,1-2H3,(H,15,16,18)/t9-/m0/s1. The zero-order chi connectivity index (χ0) is 15.0. The molecule has 1 aromatic carbocycles. The Hall–Kier alpha value is -2.41. The zero-order valence-electron chi connectivity index (χ0n) is 11.5. The number of carbonyl (C=O) groups is 1. The van der Waals surface area contributed by atoms with E-state index in [9.17, 15) is 9.59 Å². The van der Waals surface area contributed by atoms with Crippen molar-refractivity contribution in [1.82, 2.24) is 9.55 Å². The van der Waals surface area contributed by atoms with Crippen LogP contribution in [0.1, 0.15) is 17.8 Å². The van der Waals surface area contributed by atoms with Crippen LogP contribution >= 0.6 is 11.3 Å². The van der Waals surface area contributed by atoms with Crippen molar-refractivity contribution in [3.05, 3.63) is 45.9 Å². The summed E-state index contributed by atoms with van der Waals surface area (Å²) in [7, 11) is 0. The summed E-state index contributed by atoms with van der Waals surface area (Å²) in [6, 6.07) is 6.33. The van der Waals surface area contributed by atoms with Gasteiger partial charge >= 0.3 is 5.76 Å². The predicted octanol–water partition coefficient (Wildman–Crippen LogP) is 2.56.